The highest BCUT2D eigenvalue weighted by Crippen LogP contribution is 2.31. The number of para-hydroxylation sites is 2. The highest BCUT2D eigenvalue weighted by molar-refractivity contribution is 5.70. The summed E-state index contributed by atoms with van der Waals surface area (Å²) in [6.45, 7) is 9.41. The van der Waals surface area contributed by atoms with Gasteiger partial charge in [-0.3, -0.25) is 0 Å². The van der Waals surface area contributed by atoms with Gasteiger partial charge in [0.15, 0.2) is 0 Å². The Bertz CT molecular complexity index is 1090. The van der Waals surface area contributed by atoms with Crippen LogP contribution in [0.5, 0.6) is 11.5 Å². The second kappa shape index (κ2) is 9.74. The Balaban J connectivity index is 1.61. The molecule has 0 fully saturated rings. The van der Waals surface area contributed by atoms with Crippen LogP contribution in [0, 0.1) is 27.7 Å². The third-order valence-corrected chi connectivity index (χ3v) is 5.89. The van der Waals surface area contributed by atoms with Crippen LogP contribution in [0.2, 0.25) is 0 Å². The summed E-state index contributed by atoms with van der Waals surface area (Å²) in [6.07, 6.45) is 0. The molecule has 0 saturated carbocycles. The van der Waals surface area contributed by atoms with Gasteiger partial charge in [0.1, 0.15) is 24.7 Å². The van der Waals surface area contributed by atoms with Gasteiger partial charge in [0.05, 0.1) is 0 Å². The summed E-state index contributed by atoms with van der Waals surface area (Å²) in [5, 5.41) is 0. The number of hydrogen-bond donors (Lipinski definition) is 0. The Labute approximate surface area is 191 Å². The lowest BCUT2D eigenvalue weighted by Crippen LogP contribution is -2.03. The van der Waals surface area contributed by atoms with Crippen molar-refractivity contribution in [1.82, 2.24) is 0 Å². The molecule has 0 aliphatic rings. The van der Waals surface area contributed by atoms with Gasteiger partial charge in [-0.2, -0.15) is 0 Å². The molecule has 0 aromatic heterocycles. The lowest BCUT2D eigenvalue weighted by molar-refractivity contribution is 0.300. The molecule has 0 unspecified atom stereocenters. The molecule has 0 atom stereocenters. The van der Waals surface area contributed by atoms with Gasteiger partial charge in [0.25, 0.3) is 0 Å². The van der Waals surface area contributed by atoms with Crippen molar-refractivity contribution in [3.63, 3.8) is 0 Å². The number of benzene rings is 4. The number of rotatable bonds is 7. The van der Waals surface area contributed by atoms with E-state index in [1.807, 2.05) is 0 Å². The van der Waals surface area contributed by atoms with E-state index in [-0.39, 0.29) is 0 Å². The largest absolute Gasteiger partial charge is 0.488 e. The van der Waals surface area contributed by atoms with Crippen LogP contribution in [0.25, 0.3) is 11.1 Å². The molecule has 4 rings (SSSR count). The summed E-state index contributed by atoms with van der Waals surface area (Å²) >= 11 is 0. The molecule has 0 heterocycles. The standard InChI is InChI=1S/C30H30O2/c1-21-11-9-12-22(2)29(21)31-19-25-15-5-7-17-27(25)28-18-8-6-16-26(28)20-32-30-23(3)13-10-14-24(30)4/h5-18H,19-20H2,1-4H3. The van der Waals surface area contributed by atoms with Crippen LogP contribution in [-0.2, 0) is 13.2 Å². The summed E-state index contributed by atoms with van der Waals surface area (Å²) in [5.74, 6) is 1.93. The zero-order valence-electron chi connectivity index (χ0n) is 19.3. The molecule has 0 amide bonds. The van der Waals surface area contributed by atoms with Crippen LogP contribution in [0.3, 0.4) is 0 Å². The van der Waals surface area contributed by atoms with Gasteiger partial charge in [-0.1, -0.05) is 84.9 Å². The second-order valence-electron chi connectivity index (χ2n) is 8.33. The molecule has 0 saturated heterocycles. The molecule has 0 spiro atoms. The van der Waals surface area contributed by atoms with Crippen molar-refractivity contribution >= 4 is 0 Å². The number of hydrogen-bond acceptors (Lipinski definition) is 2. The van der Waals surface area contributed by atoms with E-state index in [1.54, 1.807) is 0 Å². The van der Waals surface area contributed by atoms with Gasteiger partial charge >= 0.3 is 0 Å². The van der Waals surface area contributed by atoms with E-state index in [0.717, 1.165) is 44.9 Å². The smallest absolute Gasteiger partial charge is 0.125 e. The van der Waals surface area contributed by atoms with Crippen molar-refractivity contribution in [1.29, 1.82) is 0 Å². The molecular weight excluding hydrogens is 392 g/mol. The first-order valence-corrected chi connectivity index (χ1v) is 11.1. The summed E-state index contributed by atoms with van der Waals surface area (Å²) in [6, 6.07) is 29.4. The SMILES string of the molecule is Cc1cccc(C)c1OCc1ccccc1-c1ccccc1COc1c(C)cccc1C. The summed E-state index contributed by atoms with van der Waals surface area (Å²) in [4.78, 5) is 0. The van der Waals surface area contributed by atoms with Crippen LogP contribution >= 0.6 is 0 Å². The zero-order chi connectivity index (χ0) is 22.5. The molecule has 4 aromatic carbocycles. The fourth-order valence-corrected chi connectivity index (χ4v) is 4.17. The maximum Gasteiger partial charge on any atom is 0.125 e. The summed E-state index contributed by atoms with van der Waals surface area (Å²) in [5.41, 5.74) is 9.31. The van der Waals surface area contributed by atoms with Crippen LogP contribution in [-0.4, -0.2) is 0 Å². The molecule has 0 bridgehead atoms. The van der Waals surface area contributed by atoms with Gasteiger partial charge in [-0.15, -0.1) is 0 Å². The Morgan fingerprint density at radius 1 is 0.438 bits per heavy atom. The Morgan fingerprint density at radius 3 is 1.16 bits per heavy atom. The Morgan fingerprint density at radius 2 is 0.781 bits per heavy atom. The summed E-state index contributed by atoms with van der Waals surface area (Å²) < 4.78 is 12.6. The van der Waals surface area contributed by atoms with Crippen LogP contribution < -0.4 is 9.47 Å². The van der Waals surface area contributed by atoms with Gasteiger partial charge < -0.3 is 9.47 Å². The van der Waals surface area contributed by atoms with Crippen molar-refractivity contribution in [3.05, 3.63) is 118 Å². The minimum atomic E-state index is 0.522. The molecule has 4 aromatic rings. The maximum atomic E-state index is 6.29. The zero-order valence-corrected chi connectivity index (χ0v) is 19.3. The monoisotopic (exact) mass is 422 g/mol. The predicted molar refractivity (Wildman–Crippen MR) is 132 cm³/mol. The van der Waals surface area contributed by atoms with Gasteiger partial charge in [-0.25, -0.2) is 0 Å². The quantitative estimate of drug-likeness (QED) is 0.303. The first-order chi connectivity index (χ1) is 15.5. The topological polar surface area (TPSA) is 18.5 Å². The highest BCUT2D eigenvalue weighted by atomic mass is 16.5. The van der Waals surface area contributed by atoms with E-state index in [4.69, 9.17) is 9.47 Å². The van der Waals surface area contributed by atoms with Crippen molar-refractivity contribution < 1.29 is 9.47 Å². The van der Waals surface area contributed by atoms with E-state index in [1.165, 1.54) is 11.1 Å². The molecule has 0 aliphatic heterocycles. The van der Waals surface area contributed by atoms with Crippen molar-refractivity contribution in [3.8, 4) is 22.6 Å². The van der Waals surface area contributed by atoms with Crippen LogP contribution in [0.4, 0.5) is 0 Å². The molecule has 0 aliphatic carbocycles. The highest BCUT2D eigenvalue weighted by Gasteiger charge is 2.12. The number of aryl methyl sites for hydroxylation is 4. The third kappa shape index (κ3) is 4.70. The van der Waals surface area contributed by atoms with E-state index >= 15 is 0 Å². The molecule has 0 N–H and O–H groups in total. The molecular formula is C30H30O2. The van der Waals surface area contributed by atoms with Crippen molar-refractivity contribution in [2.24, 2.45) is 0 Å². The normalized spacial score (nSPS) is 10.8. The van der Waals surface area contributed by atoms with Gasteiger partial charge in [-0.05, 0) is 72.2 Å². The van der Waals surface area contributed by atoms with Crippen molar-refractivity contribution in [2.45, 2.75) is 40.9 Å². The van der Waals surface area contributed by atoms with E-state index in [2.05, 4.69) is 113 Å². The first-order valence-electron chi connectivity index (χ1n) is 11.1. The van der Waals surface area contributed by atoms with E-state index < -0.39 is 0 Å². The molecule has 2 nitrogen and oxygen atoms in total. The fraction of sp³-hybridized carbons (Fsp3) is 0.200. The van der Waals surface area contributed by atoms with Crippen molar-refractivity contribution in [2.75, 3.05) is 0 Å². The minimum absolute atomic E-state index is 0.522. The van der Waals surface area contributed by atoms with E-state index in [0.29, 0.717) is 13.2 Å². The third-order valence-electron chi connectivity index (χ3n) is 5.89. The molecule has 0 radical (unpaired) electrons. The molecule has 2 heteroatoms. The average Bonchev–Trinajstić information content (AvgIpc) is 2.79. The maximum absolute atomic E-state index is 6.29. The van der Waals surface area contributed by atoms with Gasteiger partial charge in [0.2, 0.25) is 0 Å². The Hall–Kier alpha value is -3.52. The summed E-state index contributed by atoms with van der Waals surface area (Å²) in [7, 11) is 0. The lowest BCUT2D eigenvalue weighted by atomic mass is 9.96. The predicted octanol–water partition coefficient (Wildman–Crippen LogP) is 7.75. The fourth-order valence-electron chi connectivity index (χ4n) is 4.17. The van der Waals surface area contributed by atoms with Gasteiger partial charge in [0, 0.05) is 0 Å². The minimum Gasteiger partial charge on any atom is -0.488 e. The first kappa shape index (κ1) is 21.7. The molecule has 162 valence electrons. The average molecular weight is 423 g/mol. The van der Waals surface area contributed by atoms with Crippen LogP contribution in [0.15, 0.2) is 84.9 Å². The van der Waals surface area contributed by atoms with E-state index in [9.17, 15) is 0 Å². The lowest BCUT2D eigenvalue weighted by Gasteiger charge is -2.17. The molecule has 32 heavy (non-hydrogen) atoms. The Kier molecular flexibility index (Phi) is 6.61. The number of ether oxygens (including phenoxy) is 2. The van der Waals surface area contributed by atoms with Crippen LogP contribution in [0.1, 0.15) is 33.4 Å². The second-order valence-corrected chi connectivity index (χ2v) is 8.33.